The number of rotatable bonds is 2. The molecule has 6 aromatic rings. The summed E-state index contributed by atoms with van der Waals surface area (Å²) >= 11 is 0. The highest BCUT2D eigenvalue weighted by molar-refractivity contribution is 6.11. The van der Waals surface area contributed by atoms with Crippen LogP contribution in [0, 0.1) is 5.92 Å². The molecule has 0 saturated carbocycles. The average molecular weight is 485 g/mol. The zero-order valence-electron chi connectivity index (χ0n) is 21.2. The highest BCUT2D eigenvalue weighted by atomic mass is 14.4. The predicted octanol–water partition coefficient (Wildman–Crippen LogP) is 9.98. The van der Waals surface area contributed by atoms with E-state index in [2.05, 4.69) is 140 Å². The molecular weight excluding hydrogens is 456 g/mol. The number of hydrogen-bond donors (Lipinski definition) is 0. The fraction of sp³-hybridized carbons (Fsp3) is 0.105. The standard InChI is InChI=1S/C38H28/c1-2-15-28-25(11-1)12-10-22-29(28)26-13-9-14-27(23-26)36-24-37-32-18-4-3-16-30(32)31-17-5-7-20-34(31)38(37)35-21-8-6-19-33(35)36/h1-23,33,35-36H,24H2/t33-,35?,36?/m1/s1. The van der Waals surface area contributed by atoms with Crippen LogP contribution in [0.2, 0.25) is 0 Å². The van der Waals surface area contributed by atoms with Crippen molar-refractivity contribution >= 4 is 32.3 Å². The zero-order chi connectivity index (χ0) is 25.1. The summed E-state index contributed by atoms with van der Waals surface area (Å²) in [6.07, 6.45) is 10.5. The molecular formula is C38H28. The largest absolute Gasteiger partial charge is 0.0799 e. The summed E-state index contributed by atoms with van der Waals surface area (Å²) in [5.74, 6) is 1.25. The van der Waals surface area contributed by atoms with Crippen molar-refractivity contribution in [1.29, 1.82) is 0 Å². The number of benzene rings is 6. The van der Waals surface area contributed by atoms with Crippen LogP contribution in [-0.4, -0.2) is 0 Å². The normalized spacial score (nSPS) is 20.1. The SMILES string of the molecule is C1=CC2c3c(c4ccccc4c4ccccc34)CC(c3cccc(-c4cccc5ccccc45)c3)[C@@H]2C=C1. The minimum atomic E-state index is 0.379. The second kappa shape index (κ2) is 8.57. The van der Waals surface area contributed by atoms with Crippen molar-refractivity contribution in [3.8, 4) is 11.1 Å². The minimum absolute atomic E-state index is 0.379. The molecule has 3 atom stereocenters. The monoisotopic (exact) mass is 484 g/mol. The lowest BCUT2D eigenvalue weighted by Gasteiger charge is -2.40. The van der Waals surface area contributed by atoms with Gasteiger partial charge in [0, 0.05) is 5.92 Å². The molecule has 0 heterocycles. The second-order valence-corrected chi connectivity index (χ2v) is 10.8. The van der Waals surface area contributed by atoms with Gasteiger partial charge in [-0.1, -0.05) is 140 Å². The Morgan fingerprint density at radius 3 is 2.05 bits per heavy atom. The van der Waals surface area contributed by atoms with Crippen molar-refractivity contribution < 1.29 is 0 Å². The highest BCUT2D eigenvalue weighted by Gasteiger charge is 2.37. The zero-order valence-corrected chi connectivity index (χ0v) is 21.2. The van der Waals surface area contributed by atoms with Gasteiger partial charge in [-0.25, -0.2) is 0 Å². The molecule has 0 N–H and O–H groups in total. The van der Waals surface area contributed by atoms with E-state index in [-0.39, 0.29) is 0 Å². The van der Waals surface area contributed by atoms with Gasteiger partial charge in [-0.15, -0.1) is 0 Å². The first kappa shape index (κ1) is 21.6. The first-order valence-electron chi connectivity index (χ1n) is 13.7. The van der Waals surface area contributed by atoms with Gasteiger partial charge in [0.2, 0.25) is 0 Å². The molecule has 2 aliphatic carbocycles. The molecule has 0 fully saturated rings. The third kappa shape index (κ3) is 3.23. The third-order valence-corrected chi connectivity index (χ3v) is 8.90. The molecule has 2 aliphatic rings. The van der Waals surface area contributed by atoms with E-state index >= 15 is 0 Å². The van der Waals surface area contributed by atoms with Gasteiger partial charge < -0.3 is 0 Å². The predicted molar refractivity (Wildman–Crippen MR) is 162 cm³/mol. The Kier molecular flexibility index (Phi) is 4.88. The van der Waals surface area contributed by atoms with Crippen LogP contribution in [0.4, 0.5) is 0 Å². The molecule has 0 saturated heterocycles. The van der Waals surface area contributed by atoms with Crippen molar-refractivity contribution in [3.63, 3.8) is 0 Å². The van der Waals surface area contributed by atoms with Gasteiger partial charge in [-0.2, -0.15) is 0 Å². The summed E-state index contributed by atoms with van der Waals surface area (Å²) in [5, 5.41) is 8.19. The molecule has 38 heavy (non-hydrogen) atoms. The molecule has 0 aromatic heterocycles. The topological polar surface area (TPSA) is 0 Å². The fourth-order valence-electron chi connectivity index (χ4n) is 7.25. The summed E-state index contributed by atoms with van der Waals surface area (Å²) in [4.78, 5) is 0. The Balaban J connectivity index is 1.33. The van der Waals surface area contributed by atoms with Crippen LogP contribution in [0.5, 0.6) is 0 Å². The molecule has 0 heteroatoms. The first-order valence-corrected chi connectivity index (χ1v) is 13.7. The van der Waals surface area contributed by atoms with Crippen molar-refractivity contribution in [2.75, 3.05) is 0 Å². The van der Waals surface area contributed by atoms with Crippen LogP contribution in [0.3, 0.4) is 0 Å². The Morgan fingerprint density at radius 2 is 1.18 bits per heavy atom. The van der Waals surface area contributed by atoms with Crippen molar-refractivity contribution in [2.45, 2.75) is 18.3 Å². The number of allylic oxidation sites excluding steroid dienone is 4. The molecule has 0 spiro atoms. The number of hydrogen-bond acceptors (Lipinski definition) is 0. The van der Waals surface area contributed by atoms with Crippen LogP contribution in [0.25, 0.3) is 43.4 Å². The van der Waals surface area contributed by atoms with Crippen LogP contribution in [-0.2, 0) is 6.42 Å². The maximum Gasteiger partial charge on any atom is 0.00991 e. The molecule has 0 amide bonds. The fourth-order valence-corrected chi connectivity index (χ4v) is 7.25. The third-order valence-electron chi connectivity index (χ3n) is 8.90. The molecule has 0 aliphatic heterocycles. The van der Waals surface area contributed by atoms with Gasteiger partial charge >= 0.3 is 0 Å². The summed E-state index contributed by atoms with van der Waals surface area (Å²) in [5.41, 5.74) is 7.12. The lowest BCUT2D eigenvalue weighted by atomic mass is 9.63. The van der Waals surface area contributed by atoms with E-state index in [1.165, 1.54) is 60.1 Å². The molecule has 180 valence electrons. The lowest BCUT2D eigenvalue weighted by molar-refractivity contribution is 0.434. The molecule has 6 aromatic carbocycles. The smallest absolute Gasteiger partial charge is 0.00991 e. The van der Waals surface area contributed by atoms with Crippen LogP contribution in [0.1, 0.15) is 28.5 Å². The Morgan fingerprint density at radius 1 is 0.526 bits per heavy atom. The number of fused-ring (bicyclic) bond motifs is 9. The second-order valence-electron chi connectivity index (χ2n) is 10.8. The summed E-state index contributed by atoms with van der Waals surface area (Å²) in [6.45, 7) is 0. The minimum Gasteiger partial charge on any atom is -0.0799 e. The van der Waals surface area contributed by atoms with Crippen LogP contribution < -0.4 is 0 Å². The molecule has 2 unspecified atom stereocenters. The summed E-state index contributed by atoms with van der Waals surface area (Å²) in [6, 6.07) is 42.8. The van der Waals surface area contributed by atoms with Gasteiger partial charge in [-0.3, -0.25) is 0 Å². The van der Waals surface area contributed by atoms with Crippen LogP contribution >= 0.6 is 0 Å². The molecule has 0 bridgehead atoms. The molecule has 8 rings (SSSR count). The van der Waals surface area contributed by atoms with Crippen molar-refractivity contribution in [1.82, 2.24) is 0 Å². The first-order chi connectivity index (χ1) is 18.9. The quantitative estimate of drug-likeness (QED) is 0.215. The van der Waals surface area contributed by atoms with Gasteiger partial charge in [0.15, 0.2) is 0 Å². The maximum atomic E-state index is 2.47. The Bertz CT molecular complexity index is 1910. The van der Waals surface area contributed by atoms with Gasteiger partial charge in [-0.05, 0) is 78.4 Å². The molecule has 0 nitrogen and oxygen atoms in total. The Hall–Kier alpha value is -4.42. The van der Waals surface area contributed by atoms with E-state index in [4.69, 9.17) is 0 Å². The van der Waals surface area contributed by atoms with E-state index < -0.39 is 0 Å². The van der Waals surface area contributed by atoms with E-state index in [1.807, 2.05) is 0 Å². The maximum absolute atomic E-state index is 2.47. The summed E-state index contributed by atoms with van der Waals surface area (Å²) < 4.78 is 0. The average Bonchev–Trinajstić information content (AvgIpc) is 3.00. The van der Waals surface area contributed by atoms with E-state index in [1.54, 1.807) is 0 Å². The van der Waals surface area contributed by atoms with Gasteiger partial charge in [0.1, 0.15) is 0 Å². The van der Waals surface area contributed by atoms with E-state index in [9.17, 15) is 0 Å². The Labute approximate surface area is 223 Å². The lowest BCUT2D eigenvalue weighted by Crippen LogP contribution is -2.28. The molecule has 0 radical (unpaired) electrons. The summed E-state index contributed by atoms with van der Waals surface area (Å²) in [7, 11) is 0. The van der Waals surface area contributed by atoms with Gasteiger partial charge in [0.25, 0.3) is 0 Å². The van der Waals surface area contributed by atoms with Crippen molar-refractivity contribution in [2.24, 2.45) is 5.92 Å². The van der Waals surface area contributed by atoms with E-state index in [0.717, 1.165) is 6.42 Å². The van der Waals surface area contributed by atoms with Crippen LogP contribution in [0.15, 0.2) is 140 Å². The van der Waals surface area contributed by atoms with E-state index in [0.29, 0.717) is 17.8 Å². The van der Waals surface area contributed by atoms with Gasteiger partial charge in [0.05, 0.1) is 0 Å². The van der Waals surface area contributed by atoms with Crippen molar-refractivity contribution in [3.05, 3.63) is 156 Å². The highest BCUT2D eigenvalue weighted by Crippen LogP contribution is 2.52.